The first-order valence-electron chi connectivity index (χ1n) is 8.60. The number of rotatable bonds is 5. The highest BCUT2D eigenvalue weighted by atomic mass is 16.2. The Morgan fingerprint density at radius 2 is 1.92 bits per heavy atom. The minimum absolute atomic E-state index is 0.132. The number of amides is 1. The van der Waals surface area contributed by atoms with Gasteiger partial charge in [0.25, 0.3) is 5.91 Å². The number of aromatic nitrogens is 4. The Labute approximate surface area is 150 Å². The van der Waals surface area contributed by atoms with Crippen molar-refractivity contribution in [2.75, 3.05) is 5.32 Å². The second-order valence-electron chi connectivity index (χ2n) is 6.12. The van der Waals surface area contributed by atoms with Crippen LogP contribution >= 0.6 is 0 Å². The molecule has 0 aliphatic heterocycles. The molecule has 0 aliphatic carbocycles. The lowest BCUT2D eigenvalue weighted by Crippen LogP contribution is -2.13. The third-order valence-electron chi connectivity index (χ3n) is 4.44. The average molecular weight is 345 g/mol. The van der Waals surface area contributed by atoms with Gasteiger partial charge < -0.3 is 5.32 Å². The van der Waals surface area contributed by atoms with E-state index in [4.69, 9.17) is 0 Å². The van der Waals surface area contributed by atoms with E-state index >= 15 is 0 Å². The number of nitrogens with one attached hydrogen (secondary N) is 2. The predicted octanol–water partition coefficient (Wildman–Crippen LogP) is 4.01. The summed E-state index contributed by atoms with van der Waals surface area (Å²) in [5.41, 5.74) is 3.05. The molecule has 0 saturated carbocycles. The van der Waals surface area contributed by atoms with Crippen LogP contribution in [0.1, 0.15) is 35.4 Å². The first-order chi connectivity index (χ1) is 12.8. The summed E-state index contributed by atoms with van der Waals surface area (Å²) in [6.45, 7) is 2.12. The van der Waals surface area contributed by atoms with E-state index in [9.17, 15) is 4.79 Å². The molecule has 0 radical (unpaired) electrons. The highest BCUT2D eigenvalue weighted by molar-refractivity contribution is 6.10. The molecule has 0 bridgehead atoms. The van der Waals surface area contributed by atoms with Crippen LogP contribution < -0.4 is 5.32 Å². The van der Waals surface area contributed by atoms with E-state index in [0.717, 1.165) is 17.3 Å². The number of nitrogens with zero attached hydrogens (tertiary/aromatic N) is 3. The van der Waals surface area contributed by atoms with Crippen LogP contribution in [-0.2, 0) is 0 Å². The lowest BCUT2D eigenvalue weighted by Gasteiger charge is -2.15. The Morgan fingerprint density at radius 3 is 2.73 bits per heavy atom. The number of benzene rings is 2. The smallest absolute Gasteiger partial charge is 0.276 e. The fourth-order valence-corrected chi connectivity index (χ4v) is 3.15. The van der Waals surface area contributed by atoms with Crippen LogP contribution in [0.4, 0.5) is 5.69 Å². The van der Waals surface area contributed by atoms with Gasteiger partial charge in [0.15, 0.2) is 5.69 Å². The Morgan fingerprint density at radius 1 is 1.15 bits per heavy atom. The fraction of sp³-hybridized carbons (Fsp3) is 0.150. The van der Waals surface area contributed by atoms with Crippen LogP contribution in [0.5, 0.6) is 0 Å². The van der Waals surface area contributed by atoms with Crippen LogP contribution in [0.25, 0.3) is 10.9 Å². The van der Waals surface area contributed by atoms with Gasteiger partial charge in [-0.3, -0.25) is 14.6 Å². The number of aromatic amines is 1. The van der Waals surface area contributed by atoms with Crippen molar-refractivity contribution >= 4 is 22.5 Å². The van der Waals surface area contributed by atoms with Crippen molar-refractivity contribution in [1.29, 1.82) is 0 Å². The third kappa shape index (κ3) is 2.97. The number of anilines is 1. The lowest BCUT2D eigenvalue weighted by atomic mass is 10.1. The molecule has 2 aromatic heterocycles. The van der Waals surface area contributed by atoms with Crippen molar-refractivity contribution in [2.24, 2.45) is 0 Å². The van der Waals surface area contributed by atoms with Gasteiger partial charge in [0.1, 0.15) is 0 Å². The first kappa shape index (κ1) is 16.1. The molecule has 2 aromatic carbocycles. The predicted molar refractivity (Wildman–Crippen MR) is 101 cm³/mol. The normalized spacial score (nSPS) is 12.2. The summed E-state index contributed by atoms with van der Waals surface area (Å²) in [5.74, 6) is -0.255. The van der Waals surface area contributed by atoms with Crippen molar-refractivity contribution in [1.82, 2.24) is 20.0 Å². The van der Waals surface area contributed by atoms with Gasteiger partial charge in [-0.25, -0.2) is 0 Å². The molecule has 0 spiro atoms. The molecule has 2 heterocycles. The number of carbonyl (C=O) groups is 1. The van der Waals surface area contributed by atoms with E-state index in [0.29, 0.717) is 11.4 Å². The van der Waals surface area contributed by atoms with Gasteiger partial charge in [-0.05, 0) is 18.1 Å². The lowest BCUT2D eigenvalue weighted by molar-refractivity contribution is 0.102. The second kappa shape index (κ2) is 6.84. The number of hydrogen-bond acceptors (Lipinski definition) is 3. The molecule has 1 atom stereocenters. The van der Waals surface area contributed by atoms with E-state index in [1.54, 1.807) is 6.20 Å². The van der Waals surface area contributed by atoms with E-state index in [1.165, 1.54) is 5.56 Å². The Kier molecular flexibility index (Phi) is 4.23. The molecular formula is C20H19N5O. The van der Waals surface area contributed by atoms with Crippen molar-refractivity contribution in [2.45, 2.75) is 19.4 Å². The van der Waals surface area contributed by atoms with Gasteiger partial charge in [0.05, 0.1) is 23.4 Å². The molecule has 26 heavy (non-hydrogen) atoms. The zero-order valence-corrected chi connectivity index (χ0v) is 14.4. The number of para-hydroxylation sites is 1. The molecule has 6 heteroatoms. The molecule has 130 valence electrons. The molecular weight excluding hydrogens is 326 g/mol. The summed E-state index contributed by atoms with van der Waals surface area (Å²) in [6.07, 6.45) is 4.43. The second-order valence-corrected chi connectivity index (χ2v) is 6.12. The fourth-order valence-electron chi connectivity index (χ4n) is 3.15. The van der Waals surface area contributed by atoms with Crippen LogP contribution in [0.2, 0.25) is 0 Å². The molecule has 6 nitrogen and oxygen atoms in total. The van der Waals surface area contributed by atoms with Crippen molar-refractivity contribution < 1.29 is 4.79 Å². The molecule has 0 saturated heterocycles. The van der Waals surface area contributed by atoms with Crippen LogP contribution in [0, 0.1) is 0 Å². The van der Waals surface area contributed by atoms with Crippen LogP contribution in [-0.4, -0.2) is 25.9 Å². The molecule has 4 rings (SSSR count). The van der Waals surface area contributed by atoms with Gasteiger partial charge in [-0.1, -0.05) is 55.5 Å². The Balaban J connectivity index is 1.56. The minimum atomic E-state index is -0.255. The van der Waals surface area contributed by atoms with E-state index in [1.807, 2.05) is 53.3 Å². The summed E-state index contributed by atoms with van der Waals surface area (Å²) >= 11 is 0. The summed E-state index contributed by atoms with van der Waals surface area (Å²) in [5, 5.41) is 15.1. The van der Waals surface area contributed by atoms with Gasteiger partial charge in [0, 0.05) is 11.6 Å². The molecule has 0 aliphatic rings. The quantitative estimate of drug-likeness (QED) is 0.574. The highest BCUT2D eigenvalue weighted by Crippen LogP contribution is 2.23. The summed E-state index contributed by atoms with van der Waals surface area (Å²) in [7, 11) is 0. The molecule has 0 unspecified atom stereocenters. The van der Waals surface area contributed by atoms with Crippen molar-refractivity contribution in [3.05, 3.63) is 78.2 Å². The molecule has 4 aromatic rings. The Hall–Kier alpha value is -3.41. The number of H-pyrrole nitrogens is 1. The maximum atomic E-state index is 12.6. The van der Waals surface area contributed by atoms with Crippen LogP contribution in [0.15, 0.2) is 67.0 Å². The zero-order chi connectivity index (χ0) is 17.9. The SMILES string of the molecule is CC[C@H](c1ccccc1)n1cc(NC(=O)c2n[nH]c3ccccc23)cn1. The monoisotopic (exact) mass is 345 g/mol. The van der Waals surface area contributed by atoms with Crippen molar-refractivity contribution in [3.8, 4) is 0 Å². The Bertz CT molecular complexity index is 1030. The summed E-state index contributed by atoms with van der Waals surface area (Å²) in [4.78, 5) is 12.6. The standard InChI is InChI=1S/C20H19N5O/c1-2-18(14-8-4-3-5-9-14)25-13-15(12-21-25)22-20(26)19-16-10-6-7-11-17(16)23-24-19/h3-13,18H,2H2,1H3,(H,22,26)(H,23,24)/t18-/m1/s1. The van der Waals surface area contributed by atoms with E-state index < -0.39 is 0 Å². The van der Waals surface area contributed by atoms with Gasteiger partial charge in [-0.15, -0.1) is 0 Å². The molecule has 0 fully saturated rings. The van der Waals surface area contributed by atoms with Crippen LogP contribution in [0.3, 0.4) is 0 Å². The molecule has 1 amide bonds. The topological polar surface area (TPSA) is 75.6 Å². The maximum Gasteiger partial charge on any atom is 0.276 e. The zero-order valence-electron chi connectivity index (χ0n) is 14.4. The summed E-state index contributed by atoms with van der Waals surface area (Å²) in [6, 6.07) is 17.9. The minimum Gasteiger partial charge on any atom is -0.318 e. The first-order valence-corrected chi connectivity index (χ1v) is 8.60. The van der Waals surface area contributed by atoms with Gasteiger partial charge in [0.2, 0.25) is 0 Å². The largest absolute Gasteiger partial charge is 0.318 e. The van der Waals surface area contributed by atoms with E-state index in [2.05, 4.69) is 39.7 Å². The maximum absolute atomic E-state index is 12.6. The third-order valence-corrected chi connectivity index (χ3v) is 4.44. The van der Waals surface area contributed by atoms with E-state index in [-0.39, 0.29) is 11.9 Å². The van der Waals surface area contributed by atoms with Crippen molar-refractivity contribution in [3.63, 3.8) is 0 Å². The number of fused-ring (bicyclic) bond motifs is 1. The van der Waals surface area contributed by atoms with Gasteiger partial charge in [-0.2, -0.15) is 10.2 Å². The van der Waals surface area contributed by atoms with Gasteiger partial charge >= 0.3 is 0 Å². The molecule has 2 N–H and O–H groups in total. The summed E-state index contributed by atoms with van der Waals surface area (Å²) < 4.78 is 1.88. The average Bonchev–Trinajstić information content (AvgIpc) is 3.30. The number of carbonyl (C=O) groups excluding carboxylic acids is 1. The highest BCUT2D eigenvalue weighted by Gasteiger charge is 2.16. The number of hydrogen-bond donors (Lipinski definition) is 2.